The minimum atomic E-state index is -0.478. The molecule has 0 aliphatic rings. The lowest BCUT2D eigenvalue weighted by molar-refractivity contribution is 0.454. The number of rotatable bonds is 2. The number of nitrogens with one attached hydrogen (secondary N) is 1. The molecule has 0 fully saturated rings. The molecule has 0 spiro atoms. The van der Waals surface area contributed by atoms with Gasteiger partial charge in [0.1, 0.15) is 5.56 Å². The molecule has 0 saturated heterocycles. The second kappa shape index (κ2) is 5.06. The number of nitrogens with zero attached hydrogens (tertiary/aromatic N) is 3. The largest absolute Gasteiger partial charge is 0.493 e. The van der Waals surface area contributed by atoms with Crippen molar-refractivity contribution in [1.29, 1.82) is 0 Å². The van der Waals surface area contributed by atoms with Gasteiger partial charge < -0.3 is 14.7 Å². The van der Waals surface area contributed by atoms with Crippen molar-refractivity contribution < 1.29 is 5.11 Å². The molecule has 2 heterocycles. The molecule has 106 valence electrons. The Balaban J connectivity index is 2.21. The molecule has 21 heavy (non-hydrogen) atoms. The van der Waals surface area contributed by atoms with Crippen LogP contribution in [-0.2, 0) is 7.05 Å². The molecule has 0 aliphatic heterocycles. The number of imidazole rings is 1. The SMILES string of the molecule is Cn1ccnc1-c1nc(O)c(-c2ccccc2Cl)c(=O)[nH]1. The first-order chi connectivity index (χ1) is 10.1. The van der Waals surface area contributed by atoms with Gasteiger partial charge in [-0.1, -0.05) is 29.8 Å². The Bertz CT molecular complexity index is 869. The van der Waals surface area contributed by atoms with E-state index < -0.39 is 5.56 Å². The third-order valence-electron chi connectivity index (χ3n) is 3.08. The van der Waals surface area contributed by atoms with Gasteiger partial charge in [0, 0.05) is 30.0 Å². The van der Waals surface area contributed by atoms with Gasteiger partial charge in [0.15, 0.2) is 11.6 Å². The molecule has 0 atom stereocenters. The number of aromatic amines is 1. The molecule has 7 heteroatoms. The van der Waals surface area contributed by atoms with Crippen LogP contribution in [0.3, 0.4) is 0 Å². The summed E-state index contributed by atoms with van der Waals surface area (Å²) in [5.41, 5.74) is -0.0102. The molecule has 2 aromatic heterocycles. The Morgan fingerprint density at radius 1 is 1.33 bits per heavy atom. The Morgan fingerprint density at radius 2 is 2.10 bits per heavy atom. The summed E-state index contributed by atoms with van der Waals surface area (Å²) in [5, 5.41) is 10.5. The smallest absolute Gasteiger partial charge is 0.263 e. The van der Waals surface area contributed by atoms with E-state index in [1.807, 2.05) is 0 Å². The zero-order valence-corrected chi connectivity index (χ0v) is 11.8. The van der Waals surface area contributed by atoms with Crippen LogP contribution in [0.4, 0.5) is 0 Å². The first kappa shape index (κ1) is 13.4. The average Bonchev–Trinajstić information content (AvgIpc) is 2.86. The first-order valence-corrected chi connectivity index (χ1v) is 6.51. The maximum atomic E-state index is 12.3. The van der Waals surface area contributed by atoms with Crippen LogP contribution < -0.4 is 5.56 Å². The third kappa shape index (κ3) is 2.30. The highest BCUT2D eigenvalue weighted by atomic mass is 35.5. The molecule has 0 amide bonds. The van der Waals surface area contributed by atoms with Crippen molar-refractivity contribution in [3.63, 3.8) is 0 Å². The van der Waals surface area contributed by atoms with E-state index in [1.54, 1.807) is 48.3 Å². The van der Waals surface area contributed by atoms with E-state index in [1.165, 1.54) is 0 Å². The fourth-order valence-electron chi connectivity index (χ4n) is 2.07. The summed E-state index contributed by atoms with van der Waals surface area (Å²) < 4.78 is 1.69. The van der Waals surface area contributed by atoms with Crippen molar-refractivity contribution in [2.45, 2.75) is 0 Å². The Hall–Kier alpha value is -2.60. The maximum absolute atomic E-state index is 12.3. The van der Waals surface area contributed by atoms with Gasteiger partial charge >= 0.3 is 0 Å². The highest BCUT2D eigenvalue weighted by Crippen LogP contribution is 2.30. The first-order valence-electron chi connectivity index (χ1n) is 6.14. The molecule has 1 aromatic carbocycles. The number of aromatic hydroxyl groups is 1. The monoisotopic (exact) mass is 302 g/mol. The molecular formula is C14H11ClN4O2. The molecule has 0 bridgehead atoms. The second-order valence-corrected chi connectivity index (χ2v) is 4.86. The van der Waals surface area contributed by atoms with E-state index in [2.05, 4.69) is 15.0 Å². The number of aromatic nitrogens is 4. The van der Waals surface area contributed by atoms with Crippen molar-refractivity contribution in [2.24, 2.45) is 7.05 Å². The molecule has 0 unspecified atom stereocenters. The van der Waals surface area contributed by atoms with Crippen molar-refractivity contribution >= 4 is 11.6 Å². The van der Waals surface area contributed by atoms with Crippen molar-refractivity contribution in [2.75, 3.05) is 0 Å². The molecule has 3 aromatic rings. The average molecular weight is 303 g/mol. The molecule has 0 saturated carbocycles. The summed E-state index contributed by atoms with van der Waals surface area (Å²) in [7, 11) is 1.77. The maximum Gasteiger partial charge on any atom is 0.263 e. The van der Waals surface area contributed by atoms with Crippen LogP contribution in [0.15, 0.2) is 41.5 Å². The van der Waals surface area contributed by atoms with Crippen LogP contribution >= 0.6 is 11.6 Å². The quantitative estimate of drug-likeness (QED) is 0.760. The second-order valence-electron chi connectivity index (χ2n) is 4.45. The molecular weight excluding hydrogens is 292 g/mol. The van der Waals surface area contributed by atoms with E-state index in [4.69, 9.17) is 11.6 Å². The summed E-state index contributed by atoms with van der Waals surface area (Å²) in [6.07, 6.45) is 3.29. The number of hydrogen-bond acceptors (Lipinski definition) is 4. The Kier molecular flexibility index (Phi) is 3.23. The van der Waals surface area contributed by atoms with E-state index in [0.29, 0.717) is 16.4 Å². The van der Waals surface area contributed by atoms with Gasteiger partial charge in [-0.3, -0.25) is 4.79 Å². The predicted molar refractivity (Wildman–Crippen MR) is 79.2 cm³/mol. The van der Waals surface area contributed by atoms with E-state index in [-0.39, 0.29) is 17.3 Å². The van der Waals surface area contributed by atoms with E-state index >= 15 is 0 Å². The molecule has 2 N–H and O–H groups in total. The highest BCUT2D eigenvalue weighted by molar-refractivity contribution is 6.33. The lowest BCUT2D eigenvalue weighted by atomic mass is 10.1. The molecule has 3 rings (SSSR count). The molecule has 0 radical (unpaired) electrons. The molecule has 6 nitrogen and oxygen atoms in total. The number of H-pyrrole nitrogens is 1. The lowest BCUT2D eigenvalue weighted by Crippen LogP contribution is -2.13. The standard InChI is InChI=1S/C14H11ClN4O2/c1-19-7-6-16-12(19)11-17-13(20)10(14(21)18-11)8-4-2-3-5-9(8)15/h2-7H,1H3,(H2,17,18,20,21). The zero-order chi connectivity index (χ0) is 15.0. The van der Waals surface area contributed by atoms with E-state index in [0.717, 1.165) is 0 Å². The van der Waals surface area contributed by atoms with Gasteiger partial charge in [-0.25, -0.2) is 4.98 Å². The van der Waals surface area contributed by atoms with Crippen LogP contribution in [0.25, 0.3) is 22.8 Å². The highest BCUT2D eigenvalue weighted by Gasteiger charge is 2.17. The van der Waals surface area contributed by atoms with E-state index in [9.17, 15) is 9.90 Å². The van der Waals surface area contributed by atoms with Crippen molar-refractivity contribution in [3.05, 3.63) is 52.0 Å². The van der Waals surface area contributed by atoms with Crippen LogP contribution in [0.1, 0.15) is 0 Å². The van der Waals surface area contributed by atoms with Crippen LogP contribution in [0.5, 0.6) is 5.88 Å². The summed E-state index contributed by atoms with van der Waals surface area (Å²) in [6.45, 7) is 0. The topological polar surface area (TPSA) is 83.8 Å². The fraction of sp³-hybridized carbons (Fsp3) is 0.0714. The number of halogens is 1. The van der Waals surface area contributed by atoms with Gasteiger partial charge in [-0.2, -0.15) is 4.98 Å². The summed E-state index contributed by atoms with van der Waals surface area (Å²) in [6, 6.07) is 6.76. The summed E-state index contributed by atoms with van der Waals surface area (Å²) in [5.74, 6) is 0.263. The van der Waals surface area contributed by atoms with Gasteiger partial charge in [0.2, 0.25) is 5.88 Å². The minimum Gasteiger partial charge on any atom is -0.493 e. The van der Waals surface area contributed by atoms with Crippen LogP contribution in [0.2, 0.25) is 5.02 Å². The number of hydrogen-bond donors (Lipinski definition) is 2. The Morgan fingerprint density at radius 3 is 2.71 bits per heavy atom. The van der Waals surface area contributed by atoms with Gasteiger partial charge in [-0.15, -0.1) is 0 Å². The minimum absolute atomic E-state index is 0.0403. The fourth-order valence-corrected chi connectivity index (χ4v) is 2.30. The summed E-state index contributed by atoms with van der Waals surface area (Å²) in [4.78, 5) is 23.0. The third-order valence-corrected chi connectivity index (χ3v) is 3.41. The Labute approximate surface area is 124 Å². The predicted octanol–water partition coefficient (Wildman–Crippen LogP) is 2.20. The normalized spacial score (nSPS) is 10.8. The van der Waals surface area contributed by atoms with Gasteiger partial charge in [0.25, 0.3) is 5.56 Å². The zero-order valence-electron chi connectivity index (χ0n) is 11.0. The number of aryl methyl sites for hydroxylation is 1. The van der Waals surface area contributed by atoms with Crippen molar-refractivity contribution in [3.8, 4) is 28.7 Å². The van der Waals surface area contributed by atoms with Gasteiger partial charge in [-0.05, 0) is 6.07 Å². The lowest BCUT2D eigenvalue weighted by Gasteiger charge is -2.07. The van der Waals surface area contributed by atoms with Gasteiger partial charge in [0.05, 0.1) is 0 Å². The van der Waals surface area contributed by atoms with Crippen LogP contribution in [-0.4, -0.2) is 24.6 Å². The van der Waals surface area contributed by atoms with Crippen LogP contribution in [0, 0.1) is 0 Å². The number of benzene rings is 1. The summed E-state index contributed by atoms with van der Waals surface area (Å²) >= 11 is 6.06. The van der Waals surface area contributed by atoms with Crippen molar-refractivity contribution in [1.82, 2.24) is 19.5 Å². The molecule has 0 aliphatic carbocycles.